The summed E-state index contributed by atoms with van der Waals surface area (Å²) in [6, 6.07) is 7.45. The zero-order valence-corrected chi connectivity index (χ0v) is 18.9. The number of sulfonamides is 1. The van der Waals surface area contributed by atoms with E-state index in [1.165, 1.54) is 4.31 Å². The highest BCUT2D eigenvalue weighted by Gasteiger charge is 2.31. The SMILES string of the molecule is CCOC(=O)c1c(COC(=O)C2CCN(S(=O)(=O)CC)CC2)nc2ccccc2c1C. The zero-order chi connectivity index (χ0) is 22.6. The van der Waals surface area contributed by atoms with Crippen LogP contribution in [0.2, 0.25) is 0 Å². The van der Waals surface area contributed by atoms with Crippen LogP contribution >= 0.6 is 0 Å². The maximum Gasteiger partial charge on any atom is 0.340 e. The summed E-state index contributed by atoms with van der Waals surface area (Å²) < 4.78 is 36.1. The van der Waals surface area contributed by atoms with Crippen LogP contribution in [-0.4, -0.2) is 55.1 Å². The number of aromatic nitrogens is 1. The Morgan fingerprint density at radius 3 is 2.45 bits per heavy atom. The monoisotopic (exact) mass is 448 g/mol. The first-order chi connectivity index (χ1) is 14.8. The maximum absolute atomic E-state index is 12.6. The van der Waals surface area contributed by atoms with Crippen LogP contribution in [0.25, 0.3) is 10.9 Å². The van der Waals surface area contributed by atoms with Gasteiger partial charge in [-0.15, -0.1) is 0 Å². The molecule has 0 unspecified atom stereocenters. The highest BCUT2D eigenvalue weighted by molar-refractivity contribution is 7.89. The number of hydrogen-bond acceptors (Lipinski definition) is 7. The molecule has 1 aliphatic heterocycles. The Kier molecular flexibility index (Phi) is 7.27. The third-order valence-corrected chi connectivity index (χ3v) is 7.48. The van der Waals surface area contributed by atoms with Crippen molar-refractivity contribution in [2.24, 2.45) is 5.92 Å². The summed E-state index contributed by atoms with van der Waals surface area (Å²) in [5, 5.41) is 0.838. The molecule has 0 spiro atoms. The lowest BCUT2D eigenvalue weighted by molar-refractivity contribution is -0.151. The summed E-state index contributed by atoms with van der Waals surface area (Å²) in [7, 11) is -3.25. The van der Waals surface area contributed by atoms with Gasteiger partial charge in [0.05, 0.1) is 35.1 Å². The van der Waals surface area contributed by atoms with E-state index in [1.807, 2.05) is 31.2 Å². The van der Waals surface area contributed by atoms with Gasteiger partial charge in [0.25, 0.3) is 0 Å². The minimum absolute atomic E-state index is 0.0474. The average Bonchev–Trinajstić information content (AvgIpc) is 2.77. The minimum Gasteiger partial charge on any atom is -0.462 e. The van der Waals surface area contributed by atoms with E-state index in [1.54, 1.807) is 13.8 Å². The first-order valence-corrected chi connectivity index (χ1v) is 12.1. The van der Waals surface area contributed by atoms with Crippen LogP contribution in [0.3, 0.4) is 0 Å². The number of piperidine rings is 1. The summed E-state index contributed by atoms with van der Waals surface area (Å²) in [6.07, 6.45) is 0.819. The number of fused-ring (bicyclic) bond motifs is 1. The predicted molar refractivity (Wildman–Crippen MR) is 116 cm³/mol. The van der Waals surface area contributed by atoms with Crippen molar-refractivity contribution in [3.63, 3.8) is 0 Å². The van der Waals surface area contributed by atoms with Gasteiger partial charge in [-0.1, -0.05) is 18.2 Å². The van der Waals surface area contributed by atoms with E-state index in [4.69, 9.17) is 9.47 Å². The minimum atomic E-state index is -3.25. The van der Waals surface area contributed by atoms with E-state index < -0.39 is 22.0 Å². The molecule has 0 amide bonds. The Bertz CT molecular complexity index is 1070. The molecule has 1 aromatic heterocycles. The van der Waals surface area contributed by atoms with Crippen molar-refractivity contribution in [2.75, 3.05) is 25.4 Å². The zero-order valence-electron chi connectivity index (χ0n) is 18.1. The fourth-order valence-electron chi connectivity index (χ4n) is 3.83. The van der Waals surface area contributed by atoms with Crippen molar-refractivity contribution >= 4 is 32.9 Å². The van der Waals surface area contributed by atoms with Gasteiger partial charge in [-0.05, 0) is 45.2 Å². The average molecular weight is 449 g/mol. The first kappa shape index (κ1) is 23.1. The molecule has 0 radical (unpaired) electrons. The van der Waals surface area contributed by atoms with Crippen molar-refractivity contribution in [2.45, 2.75) is 40.2 Å². The van der Waals surface area contributed by atoms with Crippen LogP contribution in [0.1, 0.15) is 48.3 Å². The maximum atomic E-state index is 12.6. The van der Waals surface area contributed by atoms with Crippen LogP contribution in [0.5, 0.6) is 0 Å². The number of esters is 2. The molecular weight excluding hydrogens is 420 g/mol. The third kappa shape index (κ3) is 5.04. The Hall–Kier alpha value is -2.52. The smallest absolute Gasteiger partial charge is 0.340 e. The lowest BCUT2D eigenvalue weighted by atomic mass is 9.98. The predicted octanol–water partition coefficient (Wildman–Crippen LogP) is 2.82. The standard InChI is InChI=1S/C22H28N2O6S/c1-4-29-22(26)20-15(3)17-8-6-7-9-18(17)23-19(20)14-30-21(25)16-10-12-24(13-11-16)31(27,28)5-2/h6-9,16H,4-5,10-14H2,1-3H3. The third-order valence-electron chi connectivity index (χ3n) is 5.60. The molecule has 1 aromatic carbocycles. The van der Waals surface area contributed by atoms with Crippen LogP contribution in [0, 0.1) is 12.8 Å². The van der Waals surface area contributed by atoms with Gasteiger partial charge in [0.2, 0.25) is 10.0 Å². The Labute approximate surface area is 182 Å². The number of ether oxygens (including phenoxy) is 2. The molecule has 168 valence electrons. The molecule has 31 heavy (non-hydrogen) atoms. The van der Waals surface area contributed by atoms with Gasteiger partial charge in [-0.2, -0.15) is 0 Å². The number of rotatable bonds is 7. The van der Waals surface area contributed by atoms with Crippen molar-refractivity contribution in [1.29, 1.82) is 0 Å². The number of benzene rings is 1. The molecule has 8 nitrogen and oxygen atoms in total. The van der Waals surface area contributed by atoms with E-state index in [0.29, 0.717) is 42.7 Å². The first-order valence-electron chi connectivity index (χ1n) is 10.5. The summed E-state index contributed by atoms with van der Waals surface area (Å²) in [4.78, 5) is 29.7. The van der Waals surface area contributed by atoms with Crippen molar-refractivity contribution in [3.05, 3.63) is 41.1 Å². The molecule has 2 heterocycles. The summed E-state index contributed by atoms with van der Waals surface area (Å²) >= 11 is 0. The number of carbonyl (C=O) groups excluding carboxylic acids is 2. The molecule has 3 rings (SSSR count). The Morgan fingerprint density at radius 2 is 1.81 bits per heavy atom. The molecule has 1 saturated heterocycles. The molecule has 0 bridgehead atoms. The van der Waals surface area contributed by atoms with Gasteiger partial charge in [0, 0.05) is 18.5 Å². The highest BCUT2D eigenvalue weighted by Crippen LogP contribution is 2.26. The van der Waals surface area contributed by atoms with Gasteiger partial charge < -0.3 is 9.47 Å². The van der Waals surface area contributed by atoms with Gasteiger partial charge in [-0.25, -0.2) is 22.5 Å². The fraction of sp³-hybridized carbons (Fsp3) is 0.500. The highest BCUT2D eigenvalue weighted by atomic mass is 32.2. The van der Waals surface area contributed by atoms with Crippen molar-refractivity contribution in [3.8, 4) is 0 Å². The van der Waals surface area contributed by atoms with E-state index in [0.717, 1.165) is 10.9 Å². The number of nitrogens with zero attached hydrogens (tertiary/aromatic N) is 2. The molecule has 1 fully saturated rings. The van der Waals surface area contributed by atoms with E-state index in [2.05, 4.69) is 4.98 Å². The molecule has 2 aromatic rings. The largest absolute Gasteiger partial charge is 0.462 e. The molecular formula is C22H28N2O6S. The molecule has 0 saturated carbocycles. The summed E-state index contributed by atoms with van der Waals surface area (Å²) in [6.45, 7) is 5.84. The lowest BCUT2D eigenvalue weighted by Crippen LogP contribution is -2.41. The Morgan fingerprint density at radius 1 is 1.13 bits per heavy atom. The van der Waals surface area contributed by atoms with Gasteiger partial charge in [0.15, 0.2) is 0 Å². The van der Waals surface area contributed by atoms with Gasteiger partial charge in [0.1, 0.15) is 6.61 Å². The van der Waals surface area contributed by atoms with Crippen molar-refractivity contribution in [1.82, 2.24) is 9.29 Å². The van der Waals surface area contributed by atoms with E-state index in [-0.39, 0.29) is 24.9 Å². The molecule has 0 N–H and O–H groups in total. The summed E-state index contributed by atoms with van der Waals surface area (Å²) in [5.74, 6) is -1.24. The quantitative estimate of drug-likeness (QED) is 0.600. The Balaban J connectivity index is 1.75. The molecule has 0 atom stereocenters. The number of aryl methyl sites for hydroxylation is 1. The number of carbonyl (C=O) groups is 2. The van der Waals surface area contributed by atoms with Crippen LogP contribution in [0.4, 0.5) is 0 Å². The topological polar surface area (TPSA) is 103 Å². The molecule has 1 aliphatic rings. The second-order valence-corrected chi connectivity index (χ2v) is 9.74. The summed E-state index contributed by atoms with van der Waals surface area (Å²) in [5.41, 5.74) is 2.11. The second kappa shape index (κ2) is 9.74. The lowest BCUT2D eigenvalue weighted by Gasteiger charge is -2.29. The van der Waals surface area contributed by atoms with Crippen LogP contribution in [-0.2, 0) is 30.9 Å². The second-order valence-electron chi connectivity index (χ2n) is 7.48. The number of para-hydroxylation sites is 1. The van der Waals surface area contributed by atoms with Crippen LogP contribution < -0.4 is 0 Å². The normalized spacial score (nSPS) is 15.7. The molecule has 0 aliphatic carbocycles. The molecule has 9 heteroatoms. The fourth-order valence-corrected chi connectivity index (χ4v) is 4.96. The van der Waals surface area contributed by atoms with E-state index in [9.17, 15) is 18.0 Å². The van der Waals surface area contributed by atoms with Gasteiger partial charge in [-0.3, -0.25) is 4.79 Å². The van der Waals surface area contributed by atoms with Crippen molar-refractivity contribution < 1.29 is 27.5 Å². The van der Waals surface area contributed by atoms with Gasteiger partial charge >= 0.3 is 11.9 Å². The number of hydrogen-bond donors (Lipinski definition) is 0. The number of pyridine rings is 1. The van der Waals surface area contributed by atoms with Crippen LogP contribution in [0.15, 0.2) is 24.3 Å². The van der Waals surface area contributed by atoms with E-state index >= 15 is 0 Å².